The Balaban J connectivity index is 2.02. The van der Waals surface area contributed by atoms with Crippen molar-refractivity contribution in [1.82, 2.24) is 4.40 Å². The molecule has 0 spiro atoms. The van der Waals surface area contributed by atoms with Crippen LogP contribution in [0, 0.1) is 6.92 Å². The first kappa shape index (κ1) is 13.1. The predicted octanol–water partition coefficient (Wildman–Crippen LogP) is 3.86. The second kappa shape index (κ2) is 4.73. The molecular formula is C19H17NO2. The van der Waals surface area contributed by atoms with E-state index in [-0.39, 0.29) is 11.3 Å². The van der Waals surface area contributed by atoms with Crippen molar-refractivity contribution in [3.8, 4) is 16.9 Å². The molecule has 0 unspecified atom stereocenters. The lowest BCUT2D eigenvalue weighted by atomic mass is 9.97. The number of benzene rings is 1. The summed E-state index contributed by atoms with van der Waals surface area (Å²) in [6.07, 6.45) is 4.27. The van der Waals surface area contributed by atoms with E-state index in [0.29, 0.717) is 5.92 Å². The summed E-state index contributed by atoms with van der Waals surface area (Å²) >= 11 is 0. The molecule has 0 aliphatic heterocycles. The molecule has 0 radical (unpaired) electrons. The van der Waals surface area contributed by atoms with E-state index >= 15 is 0 Å². The summed E-state index contributed by atoms with van der Waals surface area (Å²) < 4.78 is 1.76. The number of phenols is 1. The third-order valence-corrected chi connectivity index (χ3v) is 4.50. The van der Waals surface area contributed by atoms with E-state index in [1.165, 1.54) is 18.4 Å². The zero-order chi connectivity index (χ0) is 15.3. The largest absolute Gasteiger partial charge is 0.508 e. The van der Waals surface area contributed by atoms with Crippen LogP contribution in [0.4, 0.5) is 0 Å². The van der Waals surface area contributed by atoms with E-state index in [9.17, 15) is 9.90 Å². The third kappa shape index (κ3) is 2.01. The molecule has 3 nitrogen and oxygen atoms in total. The first-order valence-corrected chi connectivity index (χ1v) is 7.59. The van der Waals surface area contributed by atoms with Crippen molar-refractivity contribution < 1.29 is 5.11 Å². The van der Waals surface area contributed by atoms with Crippen LogP contribution in [0.25, 0.3) is 16.6 Å². The number of nitrogens with zero attached hydrogens (tertiary/aromatic N) is 1. The fraction of sp³-hybridized carbons (Fsp3) is 0.211. The molecular weight excluding hydrogens is 274 g/mol. The number of fused-ring (bicyclic) bond motifs is 1. The minimum Gasteiger partial charge on any atom is -0.508 e. The van der Waals surface area contributed by atoms with Gasteiger partial charge in [0.2, 0.25) is 0 Å². The fourth-order valence-electron chi connectivity index (χ4n) is 3.19. The topological polar surface area (TPSA) is 41.7 Å². The van der Waals surface area contributed by atoms with Gasteiger partial charge in [-0.1, -0.05) is 18.2 Å². The average molecular weight is 291 g/mol. The molecule has 2 aromatic heterocycles. The lowest BCUT2D eigenvalue weighted by Crippen LogP contribution is -2.14. The van der Waals surface area contributed by atoms with Crippen LogP contribution in [0.15, 0.2) is 53.5 Å². The average Bonchev–Trinajstić information content (AvgIpc) is 3.34. The van der Waals surface area contributed by atoms with Crippen LogP contribution < -0.4 is 5.56 Å². The molecule has 1 N–H and O–H groups in total. The Morgan fingerprint density at radius 2 is 1.77 bits per heavy atom. The van der Waals surface area contributed by atoms with Gasteiger partial charge in [0.05, 0.1) is 5.52 Å². The highest BCUT2D eigenvalue weighted by molar-refractivity contribution is 5.77. The van der Waals surface area contributed by atoms with E-state index in [0.717, 1.165) is 22.2 Å². The number of phenolic OH excluding ortho intramolecular Hbond substituents is 1. The molecule has 1 aliphatic rings. The van der Waals surface area contributed by atoms with Crippen LogP contribution in [0.2, 0.25) is 0 Å². The summed E-state index contributed by atoms with van der Waals surface area (Å²) in [7, 11) is 0. The van der Waals surface area contributed by atoms with Gasteiger partial charge in [0, 0.05) is 12.3 Å². The molecule has 1 saturated carbocycles. The van der Waals surface area contributed by atoms with Crippen molar-refractivity contribution in [2.45, 2.75) is 25.7 Å². The highest BCUT2D eigenvalue weighted by Gasteiger charge is 2.26. The monoisotopic (exact) mass is 291 g/mol. The number of hydrogen-bond acceptors (Lipinski definition) is 2. The van der Waals surface area contributed by atoms with Crippen LogP contribution in [-0.2, 0) is 0 Å². The molecule has 0 bridgehead atoms. The van der Waals surface area contributed by atoms with Gasteiger partial charge in [-0.2, -0.15) is 0 Å². The van der Waals surface area contributed by atoms with Crippen LogP contribution in [0.1, 0.15) is 29.9 Å². The molecule has 0 saturated heterocycles. The second-order valence-electron chi connectivity index (χ2n) is 6.02. The molecule has 3 heteroatoms. The molecule has 110 valence electrons. The standard InChI is InChI=1S/C19H17NO2/c1-12-16(13-4-6-15(21)7-5-13)10-11-20-18(22)9-8-17(19(12)20)14-2-3-14/h4-11,14,21H,2-3H2,1H3. The van der Waals surface area contributed by atoms with E-state index in [1.54, 1.807) is 22.6 Å². The van der Waals surface area contributed by atoms with Crippen molar-refractivity contribution in [2.75, 3.05) is 0 Å². The third-order valence-electron chi connectivity index (χ3n) is 4.50. The number of aromatic nitrogens is 1. The van der Waals surface area contributed by atoms with Gasteiger partial charge in [0.25, 0.3) is 5.56 Å². The zero-order valence-electron chi connectivity index (χ0n) is 12.4. The van der Waals surface area contributed by atoms with Crippen molar-refractivity contribution >= 4 is 5.52 Å². The van der Waals surface area contributed by atoms with Crippen LogP contribution >= 0.6 is 0 Å². The Morgan fingerprint density at radius 3 is 2.45 bits per heavy atom. The molecule has 3 aromatic rings. The summed E-state index contributed by atoms with van der Waals surface area (Å²) in [5.74, 6) is 0.849. The summed E-state index contributed by atoms with van der Waals surface area (Å²) in [5, 5.41) is 9.46. The number of hydrogen-bond donors (Lipinski definition) is 1. The van der Waals surface area contributed by atoms with E-state index in [1.807, 2.05) is 30.5 Å². The zero-order valence-corrected chi connectivity index (χ0v) is 12.4. The van der Waals surface area contributed by atoms with E-state index < -0.39 is 0 Å². The Morgan fingerprint density at radius 1 is 1.05 bits per heavy atom. The number of aromatic hydroxyl groups is 1. The van der Waals surface area contributed by atoms with Gasteiger partial charge in [-0.05, 0) is 66.1 Å². The van der Waals surface area contributed by atoms with Crippen molar-refractivity contribution in [3.05, 3.63) is 70.1 Å². The number of rotatable bonds is 2. The molecule has 22 heavy (non-hydrogen) atoms. The molecule has 1 aromatic carbocycles. The molecule has 2 heterocycles. The van der Waals surface area contributed by atoms with Crippen molar-refractivity contribution in [1.29, 1.82) is 0 Å². The molecule has 4 rings (SSSR count). The molecule has 0 atom stereocenters. The summed E-state index contributed by atoms with van der Waals surface area (Å²) in [4.78, 5) is 12.1. The first-order valence-electron chi connectivity index (χ1n) is 7.59. The number of pyridine rings is 2. The van der Waals surface area contributed by atoms with Gasteiger partial charge < -0.3 is 5.11 Å². The van der Waals surface area contributed by atoms with Crippen LogP contribution in [0.3, 0.4) is 0 Å². The highest BCUT2D eigenvalue weighted by atomic mass is 16.3. The maximum Gasteiger partial charge on any atom is 0.255 e. The maximum absolute atomic E-state index is 12.1. The predicted molar refractivity (Wildman–Crippen MR) is 87.5 cm³/mol. The Hall–Kier alpha value is -2.55. The molecule has 1 fully saturated rings. The van der Waals surface area contributed by atoms with Gasteiger partial charge in [0.1, 0.15) is 5.75 Å². The SMILES string of the molecule is Cc1c(-c2ccc(O)cc2)ccn2c(=O)ccc(C3CC3)c12. The first-order chi connectivity index (χ1) is 10.6. The Bertz CT molecular complexity index is 919. The highest BCUT2D eigenvalue weighted by Crippen LogP contribution is 2.43. The Labute approximate surface area is 128 Å². The smallest absolute Gasteiger partial charge is 0.255 e. The summed E-state index contributed by atoms with van der Waals surface area (Å²) in [6, 6.07) is 12.8. The lowest BCUT2D eigenvalue weighted by molar-refractivity contribution is 0.475. The minimum absolute atomic E-state index is 0.0137. The Kier molecular flexibility index (Phi) is 2.83. The van der Waals surface area contributed by atoms with Crippen LogP contribution in [-0.4, -0.2) is 9.51 Å². The fourth-order valence-corrected chi connectivity index (χ4v) is 3.19. The minimum atomic E-state index is 0.0137. The number of aryl methyl sites for hydroxylation is 1. The normalized spacial score (nSPS) is 14.4. The van der Waals surface area contributed by atoms with Gasteiger partial charge in [0.15, 0.2) is 0 Å². The summed E-state index contributed by atoms with van der Waals surface area (Å²) in [5.41, 5.74) is 5.61. The van der Waals surface area contributed by atoms with Gasteiger partial charge >= 0.3 is 0 Å². The maximum atomic E-state index is 12.1. The van der Waals surface area contributed by atoms with Crippen LogP contribution in [0.5, 0.6) is 5.75 Å². The van der Waals surface area contributed by atoms with Gasteiger partial charge in [-0.3, -0.25) is 9.20 Å². The lowest BCUT2D eigenvalue weighted by Gasteiger charge is -2.14. The van der Waals surface area contributed by atoms with Crippen molar-refractivity contribution in [2.24, 2.45) is 0 Å². The van der Waals surface area contributed by atoms with E-state index in [2.05, 4.69) is 6.92 Å². The van der Waals surface area contributed by atoms with Gasteiger partial charge in [-0.25, -0.2) is 0 Å². The molecule has 0 amide bonds. The second-order valence-corrected chi connectivity index (χ2v) is 6.02. The van der Waals surface area contributed by atoms with E-state index in [4.69, 9.17) is 0 Å². The van der Waals surface area contributed by atoms with Crippen molar-refractivity contribution in [3.63, 3.8) is 0 Å². The summed E-state index contributed by atoms with van der Waals surface area (Å²) in [6.45, 7) is 2.07. The molecule has 1 aliphatic carbocycles. The van der Waals surface area contributed by atoms with Gasteiger partial charge in [-0.15, -0.1) is 0 Å². The quantitative estimate of drug-likeness (QED) is 0.779.